The molecule has 0 saturated carbocycles. The number of carbonyl (C=O) groups is 1. The Kier molecular flexibility index (Phi) is 3.36. The summed E-state index contributed by atoms with van der Waals surface area (Å²) in [5.41, 5.74) is 1.12. The lowest BCUT2D eigenvalue weighted by molar-refractivity contribution is -0.120. The van der Waals surface area contributed by atoms with Crippen molar-refractivity contribution in [3.05, 3.63) is 42.5 Å². The van der Waals surface area contributed by atoms with Gasteiger partial charge in [0.2, 0.25) is 5.91 Å². The Morgan fingerprint density at radius 1 is 1.11 bits per heavy atom. The molecule has 19 heavy (non-hydrogen) atoms. The van der Waals surface area contributed by atoms with Gasteiger partial charge in [0.1, 0.15) is 0 Å². The van der Waals surface area contributed by atoms with Crippen molar-refractivity contribution in [3.63, 3.8) is 0 Å². The monoisotopic (exact) mass is 254 g/mol. The van der Waals surface area contributed by atoms with E-state index in [-0.39, 0.29) is 11.9 Å². The molecule has 0 aliphatic carbocycles. The summed E-state index contributed by atoms with van der Waals surface area (Å²) in [6.45, 7) is 0.798. The van der Waals surface area contributed by atoms with Gasteiger partial charge in [-0.2, -0.15) is 0 Å². The first-order valence-corrected chi connectivity index (χ1v) is 6.84. The number of benzene rings is 2. The molecular weight excluding hydrogens is 236 g/mol. The van der Waals surface area contributed by atoms with Gasteiger partial charge in [-0.15, -0.1) is 0 Å². The van der Waals surface area contributed by atoms with Gasteiger partial charge in [0.05, 0.1) is 0 Å². The normalized spacial score (nSPS) is 19.8. The van der Waals surface area contributed by atoms with Crippen molar-refractivity contribution in [1.82, 2.24) is 5.32 Å². The smallest absolute Gasteiger partial charge is 0.222 e. The summed E-state index contributed by atoms with van der Waals surface area (Å²) in [6.07, 6.45) is 2.62. The Balaban J connectivity index is 1.86. The fourth-order valence-electron chi connectivity index (χ4n) is 2.67. The molecule has 0 spiro atoms. The fourth-order valence-corrected chi connectivity index (χ4v) is 2.67. The van der Waals surface area contributed by atoms with Crippen LogP contribution in [0, 0.1) is 0 Å². The molecule has 1 unspecified atom stereocenters. The predicted molar refractivity (Wildman–Crippen MR) is 78.2 cm³/mol. The Bertz CT molecular complexity index is 589. The number of hydrogen-bond donors (Lipinski definition) is 2. The third kappa shape index (κ3) is 2.70. The van der Waals surface area contributed by atoms with Crippen LogP contribution in [-0.2, 0) is 4.79 Å². The van der Waals surface area contributed by atoms with Crippen molar-refractivity contribution in [2.24, 2.45) is 0 Å². The molecule has 0 aromatic heterocycles. The lowest BCUT2D eigenvalue weighted by Crippen LogP contribution is -2.26. The first-order chi connectivity index (χ1) is 9.33. The molecule has 1 fully saturated rings. The molecule has 3 nitrogen and oxygen atoms in total. The molecule has 2 aromatic rings. The van der Waals surface area contributed by atoms with Crippen LogP contribution in [0.5, 0.6) is 0 Å². The number of carbonyl (C=O) groups excluding carboxylic acids is 1. The van der Waals surface area contributed by atoms with Crippen LogP contribution in [0.15, 0.2) is 42.5 Å². The van der Waals surface area contributed by atoms with Gasteiger partial charge in [-0.3, -0.25) is 4.79 Å². The fraction of sp³-hybridized carbons (Fsp3) is 0.312. The first kappa shape index (κ1) is 12.0. The van der Waals surface area contributed by atoms with E-state index in [0.29, 0.717) is 6.42 Å². The van der Waals surface area contributed by atoms with Gasteiger partial charge in [-0.05, 0) is 24.3 Å². The molecule has 1 aliphatic heterocycles. The molecule has 1 heterocycles. The molecule has 3 heteroatoms. The standard InChI is InChI=1S/C16H18N2O/c19-16-11-13(7-4-10-17-16)18-15-9-3-6-12-5-1-2-8-14(12)15/h1-3,5-6,8-9,13,18H,4,7,10-11H2,(H,17,19). The number of nitrogens with one attached hydrogen (secondary N) is 2. The molecule has 1 atom stereocenters. The number of hydrogen-bond acceptors (Lipinski definition) is 2. The zero-order valence-electron chi connectivity index (χ0n) is 10.9. The highest BCUT2D eigenvalue weighted by Crippen LogP contribution is 2.25. The lowest BCUT2D eigenvalue weighted by atomic mass is 10.1. The van der Waals surface area contributed by atoms with Crippen LogP contribution in [-0.4, -0.2) is 18.5 Å². The third-order valence-corrected chi connectivity index (χ3v) is 3.63. The molecule has 2 N–H and O–H groups in total. The van der Waals surface area contributed by atoms with E-state index in [1.807, 2.05) is 12.1 Å². The molecule has 3 rings (SSSR count). The van der Waals surface area contributed by atoms with E-state index in [2.05, 4.69) is 41.0 Å². The minimum atomic E-state index is 0.148. The summed E-state index contributed by atoms with van der Waals surface area (Å²) in [5.74, 6) is 0.148. The van der Waals surface area contributed by atoms with Crippen LogP contribution in [0.2, 0.25) is 0 Å². The van der Waals surface area contributed by atoms with Crippen molar-refractivity contribution < 1.29 is 4.79 Å². The second-order valence-corrected chi connectivity index (χ2v) is 5.06. The maximum atomic E-state index is 11.6. The van der Waals surface area contributed by atoms with Crippen LogP contribution in [0.1, 0.15) is 19.3 Å². The summed E-state index contributed by atoms with van der Waals surface area (Å²) in [7, 11) is 0. The molecule has 1 aliphatic rings. The average molecular weight is 254 g/mol. The Labute approximate surface area is 113 Å². The highest BCUT2D eigenvalue weighted by atomic mass is 16.1. The van der Waals surface area contributed by atoms with E-state index in [0.717, 1.165) is 25.1 Å². The van der Waals surface area contributed by atoms with E-state index in [1.54, 1.807) is 0 Å². The van der Waals surface area contributed by atoms with Crippen molar-refractivity contribution in [2.75, 3.05) is 11.9 Å². The van der Waals surface area contributed by atoms with Gasteiger partial charge in [0.15, 0.2) is 0 Å². The van der Waals surface area contributed by atoms with Gasteiger partial charge < -0.3 is 10.6 Å². The van der Waals surface area contributed by atoms with E-state index < -0.39 is 0 Å². The van der Waals surface area contributed by atoms with E-state index in [4.69, 9.17) is 0 Å². The largest absolute Gasteiger partial charge is 0.381 e. The van der Waals surface area contributed by atoms with Crippen LogP contribution < -0.4 is 10.6 Å². The maximum Gasteiger partial charge on any atom is 0.222 e. The Hall–Kier alpha value is -2.03. The van der Waals surface area contributed by atoms with Crippen molar-refractivity contribution in [2.45, 2.75) is 25.3 Å². The van der Waals surface area contributed by atoms with E-state index in [1.165, 1.54) is 10.8 Å². The van der Waals surface area contributed by atoms with Crippen molar-refractivity contribution in [1.29, 1.82) is 0 Å². The first-order valence-electron chi connectivity index (χ1n) is 6.84. The molecule has 2 aromatic carbocycles. The number of rotatable bonds is 2. The zero-order chi connectivity index (χ0) is 13.1. The molecule has 0 bridgehead atoms. The number of amides is 1. The average Bonchev–Trinajstić information content (AvgIpc) is 2.63. The molecule has 0 radical (unpaired) electrons. The second kappa shape index (κ2) is 5.31. The zero-order valence-corrected chi connectivity index (χ0v) is 10.9. The Morgan fingerprint density at radius 2 is 1.95 bits per heavy atom. The van der Waals surface area contributed by atoms with Crippen LogP contribution in [0.25, 0.3) is 10.8 Å². The van der Waals surface area contributed by atoms with Gasteiger partial charge in [-0.25, -0.2) is 0 Å². The number of fused-ring (bicyclic) bond motifs is 1. The summed E-state index contributed by atoms with van der Waals surface area (Å²) in [6, 6.07) is 14.8. The molecule has 1 saturated heterocycles. The van der Waals surface area contributed by atoms with Gasteiger partial charge >= 0.3 is 0 Å². The Morgan fingerprint density at radius 3 is 2.89 bits per heavy atom. The van der Waals surface area contributed by atoms with Gasteiger partial charge in [-0.1, -0.05) is 36.4 Å². The molecule has 98 valence electrons. The second-order valence-electron chi connectivity index (χ2n) is 5.06. The number of anilines is 1. The van der Waals surface area contributed by atoms with Crippen molar-refractivity contribution >= 4 is 22.4 Å². The lowest BCUT2D eigenvalue weighted by Gasteiger charge is -2.18. The summed E-state index contributed by atoms with van der Waals surface area (Å²) in [4.78, 5) is 11.6. The molecular formula is C16H18N2O. The van der Waals surface area contributed by atoms with Crippen molar-refractivity contribution in [3.8, 4) is 0 Å². The topological polar surface area (TPSA) is 41.1 Å². The van der Waals surface area contributed by atoms with Crippen LogP contribution in [0.4, 0.5) is 5.69 Å². The highest BCUT2D eigenvalue weighted by Gasteiger charge is 2.17. The summed E-state index contributed by atoms with van der Waals surface area (Å²) >= 11 is 0. The quantitative estimate of drug-likeness (QED) is 0.865. The third-order valence-electron chi connectivity index (χ3n) is 3.63. The maximum absolute atomic E-state index is 11.6. The summed E-state index contributed by atoms with van der Waals surface area (Å²) < 4.78 is 0. The van der Waals surface area contributed by atoms with Gasteiger partial charge in [0.25, 0.3) is 0 Å². The van der Waals surface area contributed by atoms with Crippen LogP contribution in [0.3, 0.4) is 0 Å². The summed E-state index contributed by atoms with van der Waals surface area (Å²) in [5, 5.41) is 8.90. The van der Waals surface area contributed by atoms with Gasteiger partial charge in [0, 0.05) is 30.1 Å². The van der Waals surface area contributed by atoms with Crippen LogP contribution >= 0.6 is 0 Å². The van der Waals surface area contributed by atoms with E-state index in [9.17, 15) is 4.79 Å². The minimum Gasteiger partial charge on any atom is -0.381 e. The predicted octanol–water partition coefficient (Wildman–Crippen LogP) is 2.92. The molecule has 1 amide bonds. The minimum absolute atomic E-state index is 0.148. The SMILES string of the molecule is O=C1CC(Nc2cccc3ccccc23)CCCN1. The van der Waals surface area contributed by atoms with E-state index >= 15 is 0 Å². The highest BCUT2D eigenvalue weighted by molar-refractivity contribution is 5.94.